The second-order valence-corrected chi connectivity index (χ2v) is 3.75. The predicted octanol–water partition coefficient (Wildman–Crippen LogP) is 2.51. The first kappa shape index (κ1) is 9.68. The Balaban J connectivity index is 2.85. The minimum absolute atomic E-state index is 0.278. The largest absolute Gasteiger partial charge is 0.393 e. The van der Waals surface area contributed by atoms with E-state index in [0.717, 1.165) is 5.56 Å². The summed E-state index contributed by atoms with van der Waals surface area (Å²) in [5, 5.41) is 9.05. The molecule has 0 radical (unpaired) electrons. The Labute approximate surface area is 79.4 Å². The highest BCUT2D eigenvalue weighted by molar-refractivity contribution is 9.10. The van der Waals surface area contributed by atoms with E-state index < -0.39 is 6.10 Å². The summed E-state index contributed by atoms with van der Waals surface area (Å²) in [6, 6.07) is 4.62. The molecule has 1 atom stereocenters. The first-order valence-corrected chi connectivity index (χ1v) is 4.50. The molecule has 0 saturated heterocycles. The van der Waals surface area contributed by atoms with Gasteiger partial charge in [0.2, 0.25) is 0 Å². The van der Waals surface area contributed by atoms with E-state index in [1.807, 2.05) is 0 Å². The lowest BCUT2D eigenvalue weighted by Crippen LogP contribution is -2.04. The Bertz CT molecular complexity index is 253. The number of hydrogen-bond acceptors (Lipinski definition) is 1. The van der Waals surface area contributed by atoms with Gasteiger partial charge in [-0.1, -0.05) is 15.9 Å². The molecule has 1 aromatic carbocycles. The fraction of sp³-hybridized carbons (Fsp3) is 0.333. The van der Waals surface area contributed by atoms with Crippen LogP contribution in [0.1, 0.15) is 12.5 Å². The maximum Gasteiger partial charge on any atom is 0.124 e. The van der Waals surface area contributed by atoms with Gasteiger partial charge in [-0.25, -0.2) is 4.39 Å². The first-order chi connectivity index (χ1) is 5.58. The third-order valence-corrected chi connectivity index (χ3v) is 1.91. The Hall–Kier alpha value is -0.410. The summed E-state index contributed by atoms with van der Waals surface area (Å²) in [7, 11) is 0. The van der Waals surface area contributed by atoms with E-state index in [1.54, 1.807) is 13.0 Å². The first-order valence-electron chi connectivity index (χ1n) is 3.71. The van der Waals surface area contributed by atoms with Crippen molar-refractivity contribution in [3.8, 4) is 0 Å². The van der Waals surface area contributed by atoms with Crippen molar-refractivity contribution in [2.45, 2.75) is 19.4 Å². The highest BCUT2D eigenvalue weighted by Gasteiger charge is 2.01. The Kier molecular flexibility index (Phi) is 3.23. The fourth-order valence-corrected chi connectivity index (χ4v) is 1.58. The minimum atomic E-state index is -0.432. The van der Waals surface area contributed by atoms with E-state index in [-0.39, 0.29) is 5.82 Å². The summed E-state index contributed by atoms with van der Waals surface area (Å²) in [6.45, 7) is 1.68. The van der Waals surface area contributed by atoms with Crippen molar-refractivity contribution in [1.82, 2.24) is 0 Å². The van der Waals surface area contributed by atoms with E-state index >= 15 is 0 Å². The third kappa shape index (κ3) is 2.91. The molecule has 1 nitrogen and oxygen atoms in total. The highest BCUT2D eigenvalue weighted by atomic mass is 79.9. The standard InChI is InChI=1S/C9H10BrFO/c1-6(12)2-7-3-8(10)5-9(11)4-7/h3-6,12H,2H2,1H3. The molecule has 0 amide bonds. The van der Waals surface area contributed by atoms with Crippen molar-refractivity contribution in [3.05, 3.63) is 34.1 Å². The van der Waals surface area contributed by atoms with Gasteiger partial charge in [0.1, 0.15) is 5.82 Å². The number of rotatable bonds is 2. The molecule has 1 N–H and O–H groups in total. The minimum Gasteiger partial charge on any atom is -0.393 e. The van der Waals surface area contributed by atoms with Crippen molar-refractivity contribution in [2.24, 2.45) is 0 Å². The topological polar surface area (TPSA) is 20.2 Å². The molecule has 0 aliphatic carbocycles. The van der Waals surface area contributed by atoms with E-state index in [9.17, 15) is 4.39 Å². The quantitative estimate of drug-likeness (QED) is 0.832. The van der Waals surface area contributed by atoms with Crippen LogP contribution in [0.3, 0.4) is 0 Å². The molecule has 0 bridgehead atoms. The normalized spacial score (nSPS) is 13.0. The van der Waals surface area contributed by atoms with Crippen LogP contribution in [0.5, 0.6) is 0 Å². The molecule has 12 heavy (non-hydrogen) atoms. The van der Waals surface area contributed by atoms with Gasteiger partial charge in [-0.15, -0.1) is 0 Å². The van der Waals surface area contributed by atoms with E-state index in [1.165, 1.54) is 12.1 Å². The second-order valence-electron chi connectivity index (χ2n) is 2.83. The van der Waals surface area contributed by atoms with Crippen molar-refractivity contribution in [2.75, 3.05) is 0 Å². The molecule has 0 heterocycles. The van der Waals surface area contributed by atoms with Crippen molar-refractivity contribution in [3.63, 3.8) is 0 Å². The molecular weight excluding hydrogens is 223 g/mol. The zero-order valence-electron chi connectivity index (χ0n) is 6.72. The molecule has 1 aromatic rings. The molecule has 3 heteroatoms. The number of aliphatic hydroxyl groups excluding tert-OH is 1. The van der Waals surface area contributed by atoms with Crippen LogP contribution in [0.2, 0.25) is 0 Å². The van der Waals surface area contributed by atoms with Crippen LogP contribution >= 0.6 is 15.9 Å². The van der Waals surface area contributed by atoms with Gasteiger partial charge in [0, 0.05) is 4.47 Å². The van der Waals surface area contributed by atoms with Crippen LogP contribution in [0.15, 0.2) is 22.7 Å². The molecule has 0 aliphatic rings. The SMILES string of the molecule is CC(O)Cc1cc(F)cc(Br)c1. The molecule has 66 valence electrons. The summed E-state index contributed by atoms with van der Waals surface area (Å²) in [6.07, 6.45) is 0.0507. The van der Waals surface area contributed by atoms with E-state index in [2.05, 4.69) is 15.9 Å². The van der Waals surface area contributed by atoms with E-state index in [4.69, 9.17) is 5.11 Å². The molecule has 0 saturated carbocycles. The summed E-state index contributed by atoms with van der Waals surface area (Å²) in [5.41, 5.74) is 0.803. The van der Waals surface area contributed by atoms with Crippen LogP contribution < -0.4 is 0 Å². The number of halogens is 2. The summed E-state index contributed by atoms with van der Waals surface area (Å²) >= 11 is 3.18. The number of hydrogen-bond donors (Lipinski definition) is 1. The van der Waals surface area contributed by atoms with Gasteiger partial charge in [-0.2, -0.15) is 0 Å². The van der Waals surface area contributed by atoms with Crippen molar-refractivity contribution < 1.29 is 9.50 Å². The van der Waals surface area contributed by atoms with Gasteiger partial charge in [0.25, 0.3) is 0 Å². The van der Waals surface area contributed by atoms with Gasteiger partial charge < -0.3 is 5.11 Å². The summed E-state index contributed by atoms with van der Waals surface area (Å²) in [5.74, 6) is -0.278. The van der Waals surface area contributed by atoms with Crippen LogP contribution in [0.25, 0.3) is 0 Å². The van der Waals surface area contributed by atoms with Gasteiger partial charge >= 0.3 is 0 Å². The number of benzene rings is 1. The zero-order chi connectivity index (χ0) is 9.14. The molecule has 0 aliphatic heterocycles. The van der Waals surface area contributed by atoms with Gasteiger partial charge in [-0.05, 0) is 37.1 Å². The molecule has 0 spiro atoms. The van der Waals surface area contributed by atoms with Crippen molar-refractivity contribution >= 4 is 15.9 Å². The molecule has 1 rings (SSSR count). The third-order valence-electron chi connectivity index (χ3n) is 1.45. The Morgan fingerprint density at radius 2 is 2.17 bits per heavy atom. The average molecular weight is 233 g/mol. The zero-order valence-corrected chi connectivity index (χ0v) is 8.31. The van der Waals surface area contributed by atoms with E-state index in [0.29, 0.717) is 10.9 Å². The lowest BCUT2D eigenvalue weighted by molar-refractivity contribution is 0.195. The molecular formula is C9H10BrFO. The molecule has 0 aromatic heterocycles. The van der Waals surface area contributed by atoms with Crippen LogP contribution in [-0.4, -0.2) is 11.2 Å². The lowest BCUT2D eigenvalue weighted by atomic mass is 10.1. The van der Waals surface area contributed by atoms with Gasteiger partial charge in [-0.3, -0.25) is 0 Å². The average Bonchev–Trinajstić information content (AvgIpc) is 1.81. The van der Waals surface area contributed by atoms with Crippen molar-refractivity contribution in [1.29, 1.82) is 0 Å². The molecule has 1 unspecified atom stereocenters. The summed E-state index contributed by atoms with van der Waals surface area (Å²) < 4.78 is 13.5. The highest BCUT2D eigenvalue weighted by Crippen LogP contribution is 2.15. The maximum absolute atomic E-state index is 12.8. The summed E-state index contributed by atoms with van der Waals surface area (Å²) in [4.78, 5) is 0. The lowest BCUT2D eigenvalue weighted by Gasteiger charge is -2.04. The molecule has 0 fully saturated rings. The van der Waals surface area contributed by atoms with Crippen LogP contribution in [-0.2, 0) is 6.42 Å². The Morgan fingerprint density at radius 1 is 1.50 bits per heavy atom. The van der Waals surface area contributed by atoms with Crippen LogP contribution in [0, 0.1) is 5.82 Å². The van der Waals surface area contributed by atoms with Crippen LogP contribution in [0.4, 0.5) is 4.39 Å². The monoisotopic (exact) mass is 232 g/mol. The number of aliphatic hydroxyl groups is 1. The maximum atomic E-state index is 12.8. The second kappa shape index (κ2) is 4.01. The predicted molar refractivity (Wildman–Crippen MR) is 49.5 cm³/mol. The van der Waals surface area contributed by atoms with Gasteiger partial charge in [0.15, 0.2) is 0 Å². The smallest absolute Gasteiger partial charge is 0.124 e. The van der Waals surface area contributed by atoms with Gasteiger partial charge in [0.05, 0.1) is 6.10 Å². The Morgan fingerprint density at radius 3 is 2.67 bits per heavy atom. The fourth-order valence-electron chi connectivity index (χ4n) is 1.07.